The normalized spacial score (nSPS) is 17.3. The van der Waals surface area contributed by atoms with Crippen molar-refractivity contribution in [2.24, 2.45) is 0 Å². The third-order valence-corrected chi connectivity index (χ3v) is 4.22. The lowest BCUT2D eigenvalue weighted by molar-refractivity contribution is -0.884. The number of nitrogens with one attached hydrogen (secondary N) is 2. The van der Waals surface area contributed by atoms with Gasteiger partial charge in [-0.25, -0.2) is 5.01 Å². The Kier molecular flexibility index (Phi) is 3.89. The Hall–Kier alpha value is -1.56. The number of hydrogen-bond acceptors (Lipinski definition) is 3. The molecule has 0 radical (unpaired) electrons. The van der Waals surface area contributed by atoms with Crippen LogP contribution in [0.25, 0.3) is 11.0 Å². The zero-order valence-corrected chi connectivity index (χ0v) is 13.0. The lowest BCUT2D eigenvalue weighted by atomic mass is 10.1. The van der Waals surface area contributed by atoms with Gasteiger partial charge in [0.2, 0.25) is 0 Å². The summed E-state index contributed by atoms with van der Waals surface area (Å²) in [5.74, 6) is 0.165. The average Bonchev–Trinajstić information content (AvgIpc) is 2.79. The van der Waals surface area contributed by atoms with Gasteiger partial charge in [0.1, 0.15) is 5.58 Å². The van der Waals surface area contributed by atoms with Crippen molar-refractivity contribution >= 4 is 28.5 Å². The summed E-state index contributed by atoms with van der Waals surface area (Å²) in [6.07, 6.45) is 0. The van der Waals surface area contributed by atoms with Crippen molar-refractivity contribution in [3.63, 3.8) is 0 Å². The maximum Gasteiger partial charge on any atom is 0.301 e. The fourth-order valence-electron chi connectivity index (χ4n) is 2.60. The monoisotopic (exact) mass is 308 g/mol. The highest BCUT2D eigenvalue weighted by Crippen LogP contribution is 2.27. The van der Waals surface area contributed by atoms with E-state index in [-0.39, 0.29) is 5.91 Å². The maximum atomic E-state index is 12.4. The fourth-order valence-corrected chi connectivity index (χ4v) is 2.78. The molecule has 2 heterocycles. The van der Waals surface area contributed by atoms with Crippen molar-refractivity contribution in [2.45, 2.75) is 6.92 Å². The zero-order chi connectivity index (χ0) is 15.0. The molecule has 112 valence electrons. The summed E-state index contributed by atoms with van der Waals surface area (Å²) < 4.78 is 5.68. The van der Waals surface area contributed by atoms with Crippen LogP contribution in [0.1, 0.15) is 16.1 Å². The second-order valence-corrected chi connectivity index (χ2v) is 6.02. The summed E-state index contributed by atoms with van der Waals surface area (Å²) in [5.41, 5.74) is 4.44. The molecular formula is C15H19ClN3O2+. The van der Waals surface area contributed by atoms with Gasteiger partial charge in [-0.3, -0.25) is 10.2 Å². The molecule has 6 heteroatoms. The van der Waals surface area contributed by atoms with E-state index < -0.39 is 0 Å². The van der Waals surface area contributed by atoms with Gasteiger partial charge in [-0.15, -0.1) is 0 Å². The first-order valence-corrected chi connectivity index (χ1v) is 7.48. The van der Waals surface area contributed by atoms with Gasteiger partial charge in [-0.05, 0) is 25.1 Å². The number of quaternary nitrogens is 1. The molecule has 1 aromatic heterocycles. The van der Waals surface area contributed by atoms with Crippen LogP contribution >= 0.6 is 11.6 Å². The predicted molar refractivity (Wildman–Crippen MR) is 81.6 cm³/mol. The molecule has 3 rings (SSSR count). The van der Waals surface area contributed by atoms with Gasteiger partial charge in [0.25, 0.3) is 0 Å². The number of furan rings is 1. The Morgan fingerprint density at radius 2 is 2.10 bits per heavy atom. The molecule has 1 aromatic carbocycles. The minimum Gasteiger partial charge on any atom is -0.451 e. The number of hydrazine groups is 1. The van der Waals surface area contributed by atoms with Crippen LogP contribution < -0.4 is 10.3 Å². The second-order valence-electron chi connectivity index (χ2n) is 5.58. The average molecular weight is 309 g/mol. The summed E-state index contributed by atoms with van der Waals surface area (Å²) in [6, 6.07) is 5.38. The van der Waals surface area contributed by atoms with E-state index in [1.807, 2.05) is 18.0 Å². The van der Waals surface area contributed by atoms with E-state index in [2.05, 4.69) is 12.5 Å². The number of carbonyl (C=O) groups is 1. The molecule has 5 nitrogen and oxygen atoms in total. The van der Waals surface area contributed by atoms with Crippen molar-refractivity contribution in [2.75, 3.05) is 33.2 Å². The quantitative estimate of drug-likeness (QED) is 0.865. The Bertz CT molecular complexity index is 675. The van der Waals surface area contributed by atoms with Crippen LogP contribution in [0.5, 0.6) is 0 Å². The van der Waals surface area contributed by atoms with Crippen LogP contribution in [0.4, 0.5) is 0 Å². The number of rotatable bonds is 2. The van der Waals surface area contributed by atoms with Crippen molar-refractivity contribution in [3.8, 4) is 0 Å². The third kappa shape index (κ3) is 2.90. The Balaban J connectivity index is 1.80. The van der Waals surface area contributed by atoms with Gasteiger partial charge < -0.3 is 9.32 Å². The summed E-state index contributed by atoms with van der Waals surface area (Å²) in [4.78, 5) is 13.9. The summed E-state index contributed by atoms with van der Waals surface area (Å²) in [7, 11) is 2.16. The molecule has 0 unspecified atom stereocenters. The number of fused-ring (bicyclic) bond motifs is 1. The summed E-state index contributed by atoms with van der Waals surface area (Å²) in [6.45, 7) is 5.63. The van der Waals surface area contributed by atoms with Gasteiger partial charge in [0.05, 0.1) is 33.2 Å². The highest BCUT2D eigenvalue weighted by atomic mass is 35.5. The minimum absolute atomic E-state index is 0.195. The number of aryl methyl sites for hydroxylation is 1. The van der Waals surface area contributed by atoms with E-state index >= 15 is 0 Å². The number of nitrogens with zero attached hydrogens (tertiary/aromatic N) is 1. The van der Waals surface area contributed by atoms with E-state index in [0.717, 1.165) is 37.1 Å². The van der Waals surface area contributed by atoms with Gasteiger partial charge in [0, 0.05) is 16.0 Å². The zero-order valence-electron chi connectivity index (χ0n) is 12.2. The van der Waals surface area contributed by atoms with Crippen LogP contribution in [0.2, 0.25) is 5.02 Å². The van der Waals surface area contributed by atoms with Crippen LogP contribution in [0, 0.1) is 6.92 Å². The van der Waals surface area contributed by atoms with Crippen molar-refractivity contribution in [3.05, 3.63) is 34.5 Å². The standard InChI is InChI=1S/C15H18ClN3O2/c1-10-12-9-11(16)3-4-13(12)21-14(10)15(20)17-19-7-5-18(2)6-8-19/h3-4,9H,5-8H2,1-2H3,(H,17,20)/p+1. The molecule has 0 saturated carbocycles. The number of hydrogen-bond donors (Lipinski definition) is 2. The van der Waals surface area contributed by atoms with Crippen LogP contribution in [-0.4, -0.2) is 44.1 Å². The SMILES string of the molecule is Cc1c(C(=O)NN2CC[NH+](C)CC2)oc2ccc(Cl)cc12. The molecule has 0 aliphatic carbocycles. The number of amides is 1. The lowest BCUT2D eigenvalue weighted by Crippen LogP contribution is -3.12. The second kappa shape index (κ2) is 5.67. The van der Waals surface area contributed by atoms with E-state index in [4.69, 9.17) is 16.0 Å². The number of piperazine rings is 1. The van der Waals surface area contributed by atoms with Crippen molar-refractivity contribution in [1.29, 1.82) is 0 Å². The molecular weight excluding hydrogens is 290 g/mol. The lowest BCUT2D eigenvalue weighted by Gasteiger charge is -2.29. The van der Waals surface area contributed by atoms with E-state index in [1.54, 1.807) is 12.1 Å². The molecule has 1 fully saturated rings. The van der Waals surface area contributed by atoms with Crippen molar-refractivity contribution in [1.82, 2.24) is 10.4 Å². The first-order chi connectivity index (χ1) is 10.0. The Morgan fingerprint density at radius 1 is 1.38 bits per heavy atom. The molecule has 2 N–H and O–H groups in total. The molecule has 1 aliphatic heterocycles. The molecule has 0 spiro atoms. The number of halogens is 1. The number of carbonyl (C=O) groups excluding carboxylic acids is 1. The highest BCUT2D eigenvalue weighted by Gasteiger charge is 2.22. The van der Waals surface area contributed by atoms with E-state index in [1.165, 1.54) is 4.90 Å². The first kappa shape index (κ1) is 14.4. The van der Waals surface area contributed by atoms with E-state index in [0.29, 0.717) is 16.4 Å². The van der Waals surface area contributed by atoms with Gasteiger partial charge in [0.15, 0.2) is 5.76 Å². The van der Waals surface area contributed by atoms with Crippen LogP contribution in [0.3, 0.4) is 0 Å². The van der Waals surface area contributed by atoms with Gasteiger partial charge in [-0.2, -0.15) is 0 Å². The highest BCUT2D eigenvalue weighted by molar-refractivity contribution is 6.31. The smallest absolute Gasteiger partial charge is 0.301 e. The van der Waals surface area contributed by atoms with Crippen molar-refractivity contribution < 1.29 is 14.1 Å². The maximum absolute atomic E-state index is 12.4. The van der Waals surface area contributed by atoms with Gasteiger partial charge in [-0.1, -0.05) is 11.6 Å². The van der Waals surface area contributed by atoms with E-state index in [9.17, 15) is 4.79 Å². The third-order valence-electron chi connectivity index (χ3n) is 3.98. The minimum atomic E-state index is -0.195. The predicted octanol–water partition coefficient (Wildman–Crippen LogP) is 0.870. The molecule has 2 aromatic rings. The van der Waals surface area contributed by atoms with Crippen LogP contribution in [-0.2, 0) is 0 Å². The molecule has 0 atom stereocenters. The Labute approximate surface area is 128 Å². The molecule has 0 bridgehead atoms. The largest absolute Gasteiger partial charge is 0.451 e. The molecule has 1 saturated heterocycles. The number of likely N-dealkylation sites (N-methyl/N-ethyl adjacent to an activating group) is 1. The van der Waals surface area contributed by atoms with Crippen LogP contribution in [0.15, 0.2) is 22.6 Å². The van der Waals surface area contributed by atoms with Gasteiger partial charge >= 0.3 is 5.91 Å². The Morgan fingerprint density at radius 3 is 2.81 bits per heavy atom. The fraction of sp³-hybridized carbons (Fsp3) is 0.400. The topological polar surface area (TPSA) is 49.9 Å². The molecule has 1 amide bonds. The molecule has 21 heavy (non-hydrogen) atoms. The summed E-state index contributed by atoms with van der Waals surface area (Å²) >= 11 is 6.00. The first-order valence-electron chi connectivity index (χ1n) is 7.10. The summed E-state index contributed by atoms with van der Waals surface area (Å²) in [5, 5.41) is 3.48. The molecule has 1 aliphatic rings. The number of benzene rings is 1.